The monoisotopic (exact) mass is 371 g/mol. The predicted octanol–water partition coefficient (Wildman–Crippen LogP) is 2.18. The smallest absolute Gasteiger partial charge is 0.198 e. The molecule has 0 heterocycles. The number of benzene rings is 2. The number of rotatable bonds is 8. The summed E-state index contributed by atoms with van der Waals surface area (Å²) in [4.78, 5) is 25.5. The zero-order valence-electron chi connectivity index (χ0n) is 15.0. The SMILES string of the molecule is CCOCCOCCOc1cc(O)c2c(c1N)C(=O)c1ccccc1C2=O. The second kappa shape index (κ2) is 8.20. The van der Waals surface area contributed by atoms with Crippen LogP contribution in [0, 0.1) is 0 Å². The first kappa shape index (κ1) is 18.9. The number of carbonyl (C=O) groups excluding carboxylic acids is 2. The summed E-state index contributed by atoms with van der Waals surface area (Å²) in [7, 11) is 0. The Labute approximate surface area is 156 Å². The average Bonchev–Trinajstić information content (AvgIpc) is 2.67. The first-order chi connectivity index (χ1) is 13.1. The number of carbonyl (C=O) groups is 2. The van der Waals surface area contributed by atoms with Crippen LogP contribution in [0.5, 0.6) is 11.5 Å². The van der Waals surface area contributed by atoms with E-state index in [4.69, 9.17) is 19.9 Å². The van der Waals surface area contributed by atoms with Crippen molar-refractivity contribution in [3.63, 3.8) is 0 Å². The van der Waals surface area contributed by atoms with E-state index in [1.807, 2.05) is 6.92 Å². The molecule has 0 fully saturated rings. The van der Waals surface area contributed by atoms with E-state index in [9.17, 15) is 14.7 Å². The molecule has 0 saturated carbocycles. The molecule has 1 aliphatic rings. The van der Waals surface area contributed by atoms with E-state index in [-0.39, 0.29) is 46.0 Å². The van der Waals surface area contributed by atoms with E-state index in [1.165, 1.54) is 6.07 Å². The van der Waals surface area contributed by atoms with Gasteiger partial charge in [-0.05, 0) is 6.92 Å². The lowest BCUT2D eigenvalue weighted by molar-refractivity contribution is 0.0405. The zero-order valence-corrected chi connectivity index (χ0v) is 15.0. The van der Waals surface area contributed by atoms with Gasteiger partial charge in [0.05, 0.1) is 36.6 Å². The summed E-state index contributed by atoms with van der Waals surface area (Å²) in [6.45, 7) is 3.92. The van der Waals surface area contributed by atoms with Crippen molar-refractivity contribution in [1.82, 2.24) is 0 Å². The van der Waals surface area contributed by atoms with Gasteiger partial charge in [-0.2, -0.15) is 0 Å². The van der Waals surface area contributed by atoms with Crippen molar-refractivity contribution in [3.05, 3.63) is 52.6 Å². The number of nitrogens with two attached hydrogens (primary N) is 1. The maximum Gasteiger partial charge on any atom is 0.198 e. The van der Waals surface area contributed by atoms with Gasteiger partial charge in [0.1, 0.15) is 18.1 Å². The topological polar surface area (TPSA) is 108 Å². The molecule has 0 atom stereocenters. The Bertz CT molecular complexity index is 877. The second-order valence-corrected chi connectivity index (χ2v) is 5.92. The van der Waals surface area contributed by atoms with Crippen molar-refractivity contribution >= 4 is 17.3 Å². The lowest BCUT2D eigenvalue weighted by atomic mass is 9.82. The highest BCUT2D eigenvalue weighted by molar-refractivity contribution is 6.31. The van der Waals surface area contributed by atoms with Crippen LogP contribution >= 0.6 is 0 Å². The van der Waals surface area contributed by atoms with Crippen molar-refractivity contribution in [2.24, 2.45) is 0 Å². The Morgan fingerprint density at radius 1 is 0.926 bits per heavy atom. The molecular formula is C20H21NO6. The van der Waals surface area contributed by atoms with Crippen LogP contribution in [-0.2, 0) is 9.47 Å². The molecule has 0 radical (unpaired) electrons. The molecule has 0 spiro atoms. The normalized spacial score (nSPS) is 12.6. The molecule has 0 bridgehead atoms. The fourth-order valence-electron chi connectivity index (χ4n) is 2.97. The number of phenols is 1. The molecule has 3 N–H and O–H groups in total. The quantitative estimate of drug-likeness (QED) is 0.355. The molecule has 0 saturated heterocycles. The summed E-state index contributed by atoms with van der Waals surface area (Å²) >= 11 is 0. The van der Waals surface area contributed by atoms with Crippen LogP contribution in [-0.4, -0.2) is 49.7 Å². The van der Waals surface area contributed by atoms with Gasteiger partial charge in [-0.25, -0.2) is 0 Å². The highest BCUT2D eigenvalue weighted by atomic mass is 16.5. The number of ether oxygens (including phenoxy) is 3. The van der Waals surface area contributed by atoms with Gasteiger partial charge in [0.2, 0.25) is 0 Å². The minimum Gasteiger partial charge on any atom is -0.507 e. The van der Waals surface area contributed by atoms with Crippen LogP contribution in [0.4, 0.5) is 5.69 Å². The molecule has 2 aromatic carbocycles. The molecule has 7 nitrogen and oxygen atoms in total. The van der Waals surface area contributed by atoms with Gasteiger partial charge in [0.15, 0.2) is 11.6 Å². The number of ketones is 2. The molecule has 2 aromatic rings. The van der Waals surface area contributed by atoms with Crippen molar-refractivity contribution in [2.75, 3.05) is 38.8 Å². The average molecular weight is 371 g/mol. The first-order valence-electron chi connectivity index (χ1n) is 8.68. The van der Waals surface area contributed by atoms with E-state index in [0.717, 1.165) is 0 Å². The third-order valence-electron chi connectivity index (χ3n) is 4.24. The van der Waals surface area contributed by atoms with E-state index >= 15 is 0 Å². The Balaban J connectivity index is 1.79. The Morgan fingerprint density at radius 3 is 2.19 bits per heavy atom. The van der Waals surface area contributed by atoms with Crippen molar-refractivity contribution in [1.29, 1.82) is 0 Å². The van der Waals surface area contributed by atoms with E-state index in [0.29, 0.717) is 26.4 Å². The fourth-order valence-corrected chi connectivity index (χ4v) is 2.97. The molecule has 3 rings (SSSR count). The number of nitrogen functional groups attached to an aromatic ring is 1. The second-order valence-electron chi connectivity index (χ2n) is 5.92. The highest BCUT2D eigenvalue weighted by Crippen LogP contribution is 2.41. The Morgan fingerprint density at radius 2 is 1.52 bits per heavy atom. The molecular weight excluding hydrogens is 350 g/mol. The van der Waals surface area contributed by atoms with Crippen molar-refractivity contribution in [3.8, 4) is 11.5 Å². The first-order valence-corrected chi connectivity index (χ1v) is 8.68. The number of anilines is 1. The minimum absolute atomic E-state index is 0.0223. The van der Waals surface area contributed by atoms with E-state index in [1.54, 1.807) is 24.3 Å². The van der Waals surface area contributed by atoms with Gasteiger partial charge < -0.3 is 25.1 Å². The minimum atomic E-state index is -0.435. The van der Waals surface area contributed by atoms with E-state index in [2.05, 4.69) is 0 Å². The molecule has 0 aromatic heterocycles. The van der Waals surface area contributed by atoms with Gasteiger partial charge in [0.25, 0.3) is 0 Å². The molecule has 27 heavy (non-hydrogen) atoms. The van der Waals surface area contributed by atoms with Crippen LogP contribution in [0.2, 0.25) is 0 Å². The highest BCUT2D eigenvalue weighted by Gasteiger charge is 2.35. The number of phenolic OH excluding ortho intramolecular Hbond substituents is 1. The standard InChI is InChI=1S/C20H21NO6/c1-2-25-7-8-26-9-10-27-15-11-14(22)16-17(18(15)21)20(24)13-6-4-3-5-12(13)19(16)23/h3-6,11,22H,2,7-10,21H2,1H3. The summed E-state index contributed by atoms with van der Waals surface area (Å²) in [5, 5.41) is 10.3. The number of hydrogen-bond donors (Lipinski definition) is 2. The Kier molecular flexibility index (Phi) is 5.73. The number of fused-ring (bicyclic) bond motifs is 2. The zero-order chi connectivity index (χ0) is 19.4. The van der Waals surface area contributed by atoms with Gasteiger partial charge in [-0.1, -0.05) is 24.3 Å². The lowest BCUT2D eigenvalue weighted by Crippen LogP contribution is -2.23. The molecule has 0 amide bonds. The molecule has 142 valence electrons. The number of aromatic hydroxyl groups is 1. The van der Waals surface area contributed by atoms with Crippen LogP contribution in [0.25, 0.3) is 0 Å². The Hall–Kier alpha value is -2.90. The predicted molar refractivity (Wildman–Crippen MR) is 98.6 cm³/mol. The van der Waals surface area contributed by atoms with Crippen molar-refractivity contribution < 1.29 is 28.9 Å². The van der Waals surface area contributed by atoms with Gasteiger partial charge in [-0.3, -0.25) is 9.59 Å². The van der Waals surface area contributed by atoms with Gasteiger partial charge >= 0.3 is 0 Å². The maximum absolute atomic E-state index is 12.8. The molecule has 0 unspecified atom stereocenters. The summed E-state index contributed by atoms with van der Waals surface area (Å²) in [5.41, 5.74) is 6.53. The summed E-state index contributed by atoms with van der Waals surface area (Å²) in [6, 6.07) is 7.71. The van der Waals surface area contributed by atoms with Crippen LogP contribution in [0.15, 0.2) is 30.3 Å². The number of hydrogen-bond acceptors (Lipinski definition) is 7. The van der Waals surface area contributed by atoms with Crippen LogP contribution in [0.3, 0.4) is 0 Å². The summed E-state index contributed by atoms with van der Waals surface area (Å²) in [5.74, 6) is -1.04. The maximum atomic E-state index is 12.8. The largest absolute Gasteiger partial charge is 0.507 e. The van der Waals surface area contributed by atoms with Gasteiger partial charge in [-0.15, -0.1) is 0 Å². The summed E-state index contributed by atoms with van der Waals surface area (Å²) in [6.07, 6.45) is 0. The lowest BCUT2D eigenvalue weighted by Gasteiger charge is -2.21. The molecule has 7 heteroatoms. The third-order valence-corrected chi connectivity index (χ3v) is 4.24. The summed E-state index contributed by atoms with van der Waals surface area (Å²) < 4.78 is 16.1. The molecule has 1 aliphatic carbocycles. The van der Waals surface area contributed by atoms with E-state index < -0.39 is 11.6 Å². The van der Waals surface area contributed by atoms with Gasteiger partial charge in [0, 0.05) is 23.8 Å². The third kappa shape index (κ3) is 3.65. The molecule has 0 aliphatic heterocycles. The fraction of sp³-hybridized carbons (Fsp3) is 0.300. The van der Waals surface area contributed by atoms with Crippen LogP contribution in [0.1, 0.15) is 38.8 Å². The van der Waals surface area contributed by atoms with Crippen molar-refractivity contribution in [2.45, 2.75) is 6.92 Å². The van der Waals surface area contributed by atoms with Crippen LogP contribution < -0.4 is 10.5 Å².